The lowest BCUT2D eigenvalue weighted by molar-refractivity contribution is 0.833. The van der Waals surface area contributed by atoms with Gasteiger partial charge < -0.3 is 5.32 Å². The lowest BCUT2D eigenvalue weighted by atomic mass is 10.1. The third-order valence-corrected chi connectivity index (χ3v) is 4.63. The molecule has 1 aromatic heterocycles. The lowest BCUT2D eigenvalue weighted by Crippen LogP contribution is -2.15. The molecule has 0 aliphatic rings. The van der Waals surface area contributed by atoms with Crippen LogP contribution in [-0.2, 0) is 6.42 Å². The van der Waals surface area contributed by atoms with Crippen molar-refractivity contribution < 1.29 is 0 Å². The molecular weight excluding hydrogens is 300 g/mol. The van der Waals surface area contributed by atoms with Gasteiger partial charge in [-0.1, -0.05) is 66.7 Å². The average Bonchev–Trinajstić information content (AvgIpc) is 3.05. The van der Waals surface area contributed by atoms with E-state index >= 15 is 0 Å². The number of aryl methyl sites for hydroxylation is 1. The molecule has 0 saturated heterocycles. The number of thiazole rings is 1. The van der Waals surface area contributed by atoms with Gasteiger partial charge in [-0.2, -0.15) is 0 Å². The zero-order valence-electron chi connectivity index (χ0n) is 13.3. The highest BCUT2D eigenvalue weighted by atomic mass is 32.1. The molecular formula is C20H20N2S. The Morgan fingerprint density at radius 1 is 1.09 bits per heavy atom. The van der Waals surface area contributed by atoms with Gasteiger partial charge in [-0.25, -0.2) is 4.98 Å². The summed E-state index contributed by atoms with van der Waals surface area (Å²) in [6.07, 6.45) is 0.897. The van der Waals surface area contributed by atoms with E-state index in [-0.39, 0.29) is 0 Å². The third kappa shape index (κ3) is 4.08. The first-order valence-electron chi connectivity index (χ1n) is 7.72. The molecule has 0 unspecified atom stereocenters. The number of aromatic nitrogens is 1. The van der Waals surface area contributed by atoms with Crippen molar-refractivity contribution in [3.8, 4) is 10.6 Å². The normalized spacial score (nSPS) is 10.5. The van der Waals surface area contributed by atoms with Crippen LogP contribution in [0.1, 0.15) is 16.8 Å². The molecule has 0 atom stereocenters. The zero-order chi connectivity index (χ0) is 16.1. The van der Waals surface area contributed by atoms with Crippen molar-refractivity contribution in [1.29, 1.82) is 0 Å². The number of rotatable bonds is 6. The minimum absolute atomic E-state index is 0.838. The fourth-order valence-electron chi connectivity index (χ4n) is 2.33. The summed E-state index contributed by atoms with van der Waals surface area (Å²) < 4.78 is 0. The second-order valence-electron chi connectivity index (χ2n) is 5.53. The number of hydrogen-bond acceptors (Lipinski definition) is 3. The predicted molar refractivity (Wildman–Crippen MR) is 99.5 cm³/mol. The summed E-state index contributed by atoms with van der Waals surface area (Å²) >= 11 is 1.70. The van der Waals surface area contributed by atoms with E-state index in [1.807, 2.05) is 18.2 Å². The van der Waals surface area contributed by atoms with E-state index in [4.69, 9.17) is 4.98 Å². The van der Waals surface area contributed by atoms with E-state index in [1.54, 1.807) is 11.3 Å². The Morgan fingerprint density at radius 2 is 1.83 bits per heavy atom. The smallest absolute Gasteiger partial charge is 0.123 e. The molecule has 0 spiro atoms. The summed E-state index contributed by atoms with van der Waals surface area (Å²) in [7, 11) is 0. The first-order chi connectivity index (χ1) is 11.2. The van der Waals surface area contributed by atoms with E-state index in [0.29, 0.717) is 0 Å². The van der Waals surface area contributed by atoms with Gasteiger partial charge in [-0.05, 0) is 12.5 Å². The molecule has 0 aliphatic carbocycles. The molecule has 2 aromatic carbocycles. The molecule has 0 radical (unpaired) electrons. The Hall–Kier alpha value is -2.39. The van der Waals surface area contributed by atoms with Gasteiger partial charge in [0, 0.05) is 29.6 Å². The van der Waals surface area contributed by atoms with Crippen LogP contribution >= 0.6 is 11.3 Å². The van der Waals surface area contributed by atoms with Crippen LogP contribution in [0.4, 0.5) is 0 Å². The Bertz CT molecular complexity index is 773. The number of nitrogens with one attached hydrogen (secondary N) is 1. The fraction of sp³-hybridized carbons (Fsp3) is 0.150. The van der Waals surface area contributed by atoms with Crippen LogP contribution in [0.25, 0.3) is 16.3 Å². The molecule has 3 rings (SSSR count). The summed E-state index contributed by atoms with van der Waals surface area (Å²) in [5.41, 5.74) is 5.67. The van der Waals surface area contributed by atoms with Crippen molar-refractivity contribution in [3.05, 3.63) is 83.4 Å². The molecule has 23 heavy (non-hydrogen) atoms. The molecule has 116 valence electrons. The minimum atomic E-state index is 0.838. The van der Waals surface area contributed by atoms with E-state index in [0.717, 1.165) is 34.9 Å². The van der Waals surface area contributed by atoms with Gasteiger partial charge in [0.1, 0.15) is 5.01 Å². The Morgan fingerprint density at radius 3 is 2.57 bits per heavy atom. The van der Waals surface area contributed by atoms with Crippen LogP contribution in [-0.4, -0.2) is 11.5 Å². The number of nitrogens with zero attached hydrogens (tertiary/aromatic N) is 1. The Labute approximate surface area is 141 Å². The van der Waals surface area contributed by atoms with Gasteiger partial charge >= 0.3 is 0 Å². The summed E-state index contributed by atoms with van der Waals surface area (Å²) in [6.45, 7) is 7.04. The van der Waals surface area contributed by atoms with Crippen LogP contribution in [0.5, 0.6) is 0 Å². The summed E-state index contributed by atoms with van der Waals surface area (Å²) in [6, 6.07) is 18.7. The van der Waals surface area contributed by atoms with Crippen LogP contribution in [0, 0.1) is 6.92 Å². The van der Waals surface area contributed by atoms with Gasteiger partial charge in [0.05, 0.1) is 5.69 Å². The zero-order valence-corrected chi connectivity index (χ0v) is 14.1. The second-order valence-corrected chi connectivity index (χ2v) is 6.39. The van der Waals surface area contributed by atoms with Crippen LogP contribution in [0.2, 0.25) is 0 Å². The first kappa shape index (κ1) is 15.5. The standard InChI is InChI=1S/C20H20N2S/c1-15-8-10-17(11-9-15)16(2)21-13-12-19-14-23-20(22-19)18-6-4-3-5-7-18/h3-11,14,21H,2,12-13H2,1H3. The SMILES string of the molecule is C=C(NCCc1csc(-c2ccccc2)n1)c1ccc(C)cc1. The van der Waals surface area contributed by atoms with E-state index < -0.39 is 0 Å². The third-order valence-electron chi connectivity index (χ3n) is 3.69. The highest BCUT2D eigenvalue weighted by Crippen LogP contribution is 2.23. The quantitative estimate of drug-likeness (QED) is 0.697. The maximum Gasteiger partial charge on any atom is 0.123 e. The van der Waals surface area contributed by atoms with Gasteiger partial charge in [-0.15, -0.1) is 11.3 Å². The van der Waals surface area contributed by atoms with Gasteiger partial charge in [0.25, 0.3) is 0 Å². The molecule has 0 aliphatic heterocycles. The maximum absolute atomic E-state index is 4.71. The van der Waals surface area contributed by atoms with Gasteiger partial charge in [0.2, 0.25) is 0 Å². The van der Waals surface area contributed by atoms with Crippen LogP contribution in [0.3, 0.4) is 0 Å². The topological polar surface area (TPSA) is 24.9 Å². The molecule has 0 amide bonds. The van der Waals surface area contributed by atoms with E-state index in [1.165, 1.54) is 11.1 Å². The van der Waals surface area contributed by atoms with Gasteiger partial charge in [0.15, 0.2) is 0 Å². The highest BCUT2D eigenvalue weighted by molar-refractivity contribution is 7.13. The summed E-state index contributed by atoms with van der Waals surface area (Å²) in [4.78, 5) is 4.71. The monoisotopic (exact) mass is 320 g/mol. The summed E-state index contributed by atoms with van der Waals surface area (Å²) in [5.74, 6) is 0. The van der Waals surface area contributed by atoms with E-state index in [9.17, 15) is 0 Å². The van der Waals surface area contributed by atoms with E-state index in [2.05, 4.69) is 60.6 Å². The van der Waals surface area contributed by atoms with Crippen molar-refractivity contribution in [3.63, 3.8) is 0 Å². The highest BCUT2D eigenvalue weighted by Gasteiger charge is 2.04. The van der Waals surface area contributed by atoms with Crippen molar-refractivity contribution in [2.45, 2.75) is 13.3 Å². The first-order valence-corrected chi connectivity index (χ1v) is 8.60. The van der Waals surface area contributed by atoms with Gasteiger partial charge in [-0.3, -0.25) is 0 Å². The Balaban J connectivity index is 1.54. The molecule has 0 fully saturated rings. The van der Waals surface area contributed by atoms with Crippen LogP contribution in [0.15, 0.2) is 66.6 Å². The minimum Gasteiger partial charge on any atom is -0.385 e. The largest absolute Gasteiger partial charge is 0.385 e. The molecule has 3 aromatic rings. The molecule has 1 N–H and O–H groups in total. The lowest BCUT2D eigenvalue weighted by Gasteiger charge is -2.09. The van der Waals surface area contributed by atoms with Crippen molar-refractivity contribution in [1.82, 2.24) is 10.3 Å². The van der Waals surface area contributed by atoms with Crippen LogP contribution < -0.4 is 5.32 Å². The molecule has 1 heterocycles. The molecule has 3 heteroatoms. The molecule has 0 saturated carbocycles. The Kier molecular flexibility index (Phi) is 4.89. The molecule has 0 bridgehead atoms. The fourth-order valence-corrected chi connectivity index (χ4v) is 3.19. The average molecular weight is 320 g/mol. The summed E-state index contributed by atoms with van der Waals surface area (Å²) in [5, 5.41) is 6.61. The molecule has 2 nitrogen and oxygen atoms in total. The second kappa shape index (κ2) is 7.25. The predicted octanol–water partition coefficient (Wildman–Crippen LogP) is 4.92. The van der Waals surface area contributed by atoms with Crippen molar-refractivity contribution in [2.75, 3.05) is 6.54 Å². The van der Waals surface area contributed by atoms with Crippen molar-refractivity contribution >= 4 is 17.0 Å². The maximum atomic E-state index is 4.71. The number of benzene rings is 2. The van der Waals surface area contributed by atoms with Crippen molar-refractivity contribution in [2.24, 2.45) is 0 Å². The number of hydrogen-bond donors (Lipinski definition) is 1.